The number of carbonyl (C=O) groups excluding carboxylic acids is 4. The van der Waals surface area contributed by atoms with Crippen LogP contribution in [0.15, 0.2) is 12.2 Å². The standard InChI is InChI=1S/C10H14N2O4/c1-12(10(16)3-2-7-13)6-4-9(15)11-5-8-14/h2-3,7-8H,4-6H2,1H3,(H,11,15)/b3-2-. The number of carbonyl (C=O) groups is 4. The highest BCUT2D eigenvalue weighted by molar-refractivity contribution is 5.91. The molecule has 0 aromatic carbocycles. The van der Waals surface area contributed by atoms with E-state index in [9.17, 15) is 19.2 Å². The molecule has 0 aliphatic rings. The molecule has 0 rings (SSSR count). The summed E-state index contributed by atoms with van der Waals surface area (Å²) in [5.41, 5.74) is 0. The van der Waals surface area contributed by atoms with Crippen molar-refractivity contribution in [1.82, 2.24) is 10.2 Å². The predicted molar refractivity (Wildman–Crippen MR) is 56.5 cm³/mol. The van der Waals surface area contributed by atoms with Gasteiger partial charge in [0.05, 0.1) is 6.54 Å². The molecular weight excluding hydrogens is 212 g/mol. The molecule has 0 aromatic heterocycles. The van der Waals surface area contributed by atoms with Gasteiger partial charge in [0.15, 0.2) is 0 Å². The van der Waals surface area contributed by atoms with Crippen molar-refractivity contribution in [3.8, 4) is 0 Å². The number of hydrogen-bond acceptors (Lipinski definition) is 4. The number of likely N-dealkylation sites (N-methyl/N-ethyl adjacent to an activating group) is 1. The summed E-state index contributed by atoms with van der Waals surface area (Å²) in [6, 6.07) is 0. The third kappa shape index (κ3) is 6.47. The first-order chi connectivity index (χ1) is 7.61. The van der Waals surface area contributed by atoms with Crippen molar-refractivity contribution in [2.45, 2.75) is 6.42 Å². The number of rotatable bonds is 7. The van der Waals surface area contributed by atoms with Crippen LogP contribution in [-0.2, 0) is 19.2 Å². The monoisotopic (exact) mass is 226 g/mol. The summed E-state index contributed by atoms with van der Waals surface area (Å²) in [6.07, 6.45) is 3.41. The zero-order valence-electron chi connectivity index (χ0n) is 9.01. The lowest BCUT2D eigenvalue weighted by molar-refractivity contribution is -0.126. The van der Waals surface area contributed by atoms with Crippen molar-refractivity contribution < 1.29 is 19.2 Å². The molecule has 0 aliphatic carbocycles. The molecule has 16 heavy (non-hydrogen) atoms. The minimum Gasteiger partial charge on any atom is -0.349 e. The van der Waals surface area contributed by atoms with Crippen molar-refractivity contribution in [3.05, 3.63) is 12.2 Å². The van der Waals surface area contributed by atoms with Gasteiger partial charge in [-0.05, 0) is 6.08 Å². The number of aldehydes is 2. The number of nitrogens with one attached hydrogen (secondary N) is 1. The van der Waals surface area contributed by atoms with Gasteiger partial charge in [-0.1, -0.05) is 0 Å². The average Bonchev–Trinajstić information content (AvgIpc) is 2.30. The number of nitrogens with zero attached hydrogens (tertiary/aromatic N) is 1. The van der Waals surface area contributed by atoms with E-state index in [0.29, 0.717) is 12.6 Å². The van der Waals surface area contributed by atoms with E-state index in [1.165, 1.54) is 11.9 Å². The predicted octanol–water partition coefficient (Wildman–Crippen LogP) is -1.09. The highest BCUT2D eigenvalue weighted by Crippen LogP contribution is 1.90. The molecule has 6 heteroatoms. The van der Waals surface area contributed by atoms with E-state index in [1.54, 1.807) is 0 Å². The summed E-state index contributed by atoms with van der Waals surface area (Å²) in [5, 5.41) is 2.35. The Kier molecular flexibility index (Phi) is 7.31. The summed E-state index contributed by atoms with van der Waals surface area (Å²) < 4.78 is 0. The van der Waals surface area contributed by atoms with Gasteiger partial charge in [0.2, 0.25) is 11.8 Å². The third-order valence-corrected chi connectivity index (χ3v) is 1.75. The molecule has 0 aliphatic heterocycles. The van der Waals surface area contributed by atoms with Gasteiger partial charge < -0.3 is 15.0 Å². The van der Waals surface area contributed by atoms with Gasteiger partial charge >= 0.3 is 0 Å². The van der Waals surface area contributed by atoms with Gasteiger partial charge in [-0.3, -0.25) is 14.4 Å². The molecule has 0 saturated heterocycles. The Morgan fingerprint density at radius 3 is 2.56 bits per heavy atom. The molecule has 0 saturated carbocycles. The molecule has 0 unspecified atom stereocenters. The smallest absolute Gasteiger partial charge is 0.246 e. The van der Waals surface area contributed by atoms with Gasteiger partial charge in [-0.2, -0.15) is 0 Å². The second-order valence-corrected chi connectivity index (χ2v) is 2.98. The zero-order chi connectivity index (χ0) is 12.4. The van der Waals surface area contributed by atoms with Crippen LogP contribution in [0, 0.1) is 0 Å². The minimum atomic E-state index is -0.352. The van der Waals surface area contributed by atoms with Crippen LogP contribution in [-0.4, -0.2) is 49.4 Å². The van der Waals surface area contributed by atoms with Crippen LogP contribution in [0.4, 0.5) is 0 Å². The molecule has 0 fully saturated rings. The summed E-state index contributed by atoms with van der Waals surface area (Å²) in [4.78, 5) is 43.5. The van der Waals surface area contributed by atoms with E-state index in [2.05, 4.69) is 5.32 Å². The Balaban J connectivity index is 3.87. The molecule has 0 aromatic rings. The Morgan fingerprint density at radius 2 is 2.00 bits per heavy atom. The molecule has 0 heterocycles. The normalized spacial score (nSPS) is 9.81. The van der Waals surface area contributed by atoms with Crippen LogP contribution in [0.2, 0.25) is 0 Å². The van der Waals surface area contributed by atoms with E-state index in [0.717, 1.165) is 12.2 Å². The summed E-state index contributed by atoms with van der Waals surface area (Å²) in [6.45, 7) is 0.203. The lowest BCUT2D eigenvalue weighted by Gasteiger charge is -2.14. The Hall–Kier alpha value is -1.98. The molecule has 6 nitrogen and oxygen atoms in total. The van der Waals surface area contributed by atoms with Crippen LogP contribution in [0.1, 0.15) is 6.42 Å². The van der Waals surface area contributed by atoms with Crippen LogP contribution < -0.4 is 5.32 Å². The van der Waals surface area contributed by atoms with E-state index < -0.39 is 0 Å². The van der Waals surface area contributed by atoms with Crippen LogP contribution >= 0.6 is 0 Å². The zero-order valence-corrected chi connectivity index (χ0v) is 9.01. The van der Waals surface area contributed by atoms with Crippen LogP contribution in [0.25, 0.3) is 0 Å². The second-order valence-electron chi connectivity index (χ2n) is 2.98. The lowest BCUT2D eigenvalue weighted by atomic mass is 10.3. The fourth-order valence-corrected chi connectivity index (χ4v) is 0.872. The molecule has 0 atom stereocenters. The van der Waals surface area contributed by atoms with Crippen LogP contribution in [0.3, 0.4) is 0 Å². The van der Waals surface area contributed by atoms with Crippen molar-refractivity contribution >= 4 is 24.4 Å². The van der Waals surface area contributed by atoms with Gasteiger partial charge in [0.25, 0.3) is 0 Å². The van der Waals surface area contributed by atoms with Gasteiger partial charge in [0.1, 0.15) is 12.6 Å². The lowest BCUT2D eigenvalue weighted by Crippen LogP contribution is -2.32. The Labute approximate surface area is 93.3 Å². The van der Waals surface area contributed by atoms with Crippen molar-refractivity contribution in [2.75, 3.05) is 20.1 Å². The van der Waals surface area contributed by atoms with Crippen molar-refractivity contribution in [2.24, 2.45) is 0 Å². The SMILES string of the molecule is CN(CCC(=O)NCC=O)C(=O)/C=C\C=O. The molecule has 0 radical (unpaired) electrons. The third-order valence-electron chi connectivity index (χ3n) is 1.75. The van der Waals surface area contributed by atoms with E-state index in [-0.39, 0.29) is 31.3 Å². The maximum Gasteiger partial charge on any atom is 0.246 e. The Morgan fingerprint density at radius 1 is 1.31 bits per heavy atom. The molecule has 0 spiro atoms. The van der Waals surface area contributed by atoms with E-state index in [4.69, 9.17) is 0 Å². The molecular formula is C10H14N2O4. The molecule has 0 bridgehead atoms. The minimum absolute atomic E-state index is 0.0263. The summed E-state index contributed by atoms with van der Waals surface area (Å²) in [7, 11) is 1.52. The fraction of sp³-hybridized carbons (Fsp3) is 0.400. The van der Waals surface area contributed by atoms with Crippen LogP contribution in [0.5, 0.6) is 0 Å². The number of allylic oxidation sites excluding steroid dienone is 1. The van der Waals surface area contributed by atoms with E-state index >= 15 is 0 Å². The van der Waals surface area contributed by atoms with Gasteiger partial charge in [0, 0.05) is 26.1 Å². The molecule has 2 amide bonds. The first-order valence-electron chi connectivity index (χ1n) is 4.69. The second kappa shape index (κ2) is 8.34. The molecule has 1 N–H and O–H groups in total. The van der Waals surface area contributed by atoms with Crippen molar-refractivity contribution in [1.29, 1.82) is 0 Å². The number of hydrogen-bond donors (Lipinski definition) is 1. The largest absolute Gasteiger partial charge is 0.349 e. The van der Waals surface area contributed by atoms with Gasteiger partial charge in [-0.25, -0.2) is 0 Å². The number of amides is 2. The first kappa shape index (κ1) is 14.0. The van der Waals surface area contributed by atoms with Crippen molar-refractivity contribution in [3.63, 3.8) is 0 Å². The van der Waals surface area contributed by atoms with E-state index in [1.807, 2.05) is 0 Å². The average molecular weight is 226 g/mol. The summed E-state index contributed by atoms with van der Waals surface area (Å²) in [5.74, 6) is -0.651. The highest BCUT2D eigenvalue weighted by atomic mass is 16.2. The highest BCUT2D eigenvalue weighted by Gasteiger charge is 2.07. The first-order valence-corrected chi connectivity index (χ1v) is 4.69. The fourth-order valence-electron chi connectivity index (χ4n) is 0.872. The summed E-state index contributed by atoms with van der Waals surface area (Å²) >= 11 is 0. The topological polar surface area (TPSA) is 83.6 Å². The molecule has 88 valence electrons. The quantitative estimate of drug-likeness (QED) is 0.441. The Bertz CT molecular complexity index is 299. The maximum absolute atomic E-state index is 11.2. The van der Waals surface area contributed by atoms with Gasteiger partial charge in [-0.15, -0.1) is 0 Å². The maximum atomic E-state index is 11.2.